The van der Waals surface area contributed by atoms with E-state index in [2.05, 4.69) is 20.4 Å². The smallest absolute Gasteiger partial charge is 0.335 e. The van der Waals surface area contributed by atoms with Gasteiger partial charge < -0.3 is 5.11 Å². The second-order valence-corrected chi connectivity index (χ2v) is 3.61. The van der Waals surface area contributed by atoms with Crippen molar-refractivity contribution in [2.75, 3.05) is 0 Å². The molecule has 0 saturated heterocycles. The van der Waals surface area contributed by atoms with Crippen molar-refractivity contribution in [1.82, 2.24) is 20.4 Å². The number of hydrogen-bond donors (Lipinski definition) is 1. The molecule has 6 nitrogen and oxygen atoms in total. The first kappa shape index (κ1) is 11.1. The summed E-state index contributed by atoms with van der Waals surface area (Å²) < 4.78 is 0. The Labute approximate surface area is 97.4 Å². The molecule has 1 aromatic heterocycles. The molecule has 0 saturated carbocycles. The van der Waals surface area contributed by atoms with Crippen LogP contribution in [0.4, 0.5) is 0 Å². The van der Waals surface area contributed by atoms with Gasteiger partial charge in [0.1, 0.15) is 0 Å². The molecule has 86 valence electrons. The molecule has 0 atom stereocenters. The summed E-state index contributed by atoms with van der Waals surface area (Å²) in [5.74, 6) is -0.0701. The number of aromatic nitrogens is 4. The number of aromatic carboxylic acids is 1. The van der Waals surface area contributed by atoms with Crippen molar-refractivity contribution in [3.63, 3.8) is 0 Å². The van der Waals surface area contributed by atoms with E-state index in [1.165, 1.54) is 6.07 Å². The number of carboxylic acids is 1. The minimum Gasteiger partial charge on any atom is -0.478 e. The number of carbonyl (C=O) groups is 1. The van der Waals surface area contributed by atoms with E-state index >= 15 is 0 Å². The quantitative estimate of drug-likeness (QED) is 0.835. The van der Waals surface area contributed by atoms with Crippen LogP contribution in [0, 0.1) is 13.8 Å². The summed E-state index contributed by atoms with van der Waals surface area (Å²) in [5, 5.41) is 24.3. The van der Waals surface area contributed by atoms with Crippen molar-refractivity contribution in [3.05, 3.63) is 35.2 Å². The van der Waals surface area contributed by atoms with Gasteiger partial charge in [0.2, 0.25) is 5.82 Å². The maximum absolute atomic E-state index is 10.8. The highest BCUT2D eigenvalue weighted by Gasteiger charge is 2.09. The summed E-state index contributed by atoms with van der Waals surface area (Å²) in [6.45, 7) is 3.50. The first-order valence-electron chi connectivity index (χ1n) is 4.96. The van der Waals surface area contributed by atoms with Crippen LogP contribution >= 0.6 is 0 Å². The van der Waals surface area contributed by atoms with Gasteiger partial charge in [0.15, 0.2) is 5.82 Å². The molecule has 6 heteroatoms. The van der Waals surface area contributed by atoms with Crippen LogP contribution in [-0.2, 0) is 0 Å². The fourth-order valence-corrected chi connectivity index (χ4v) is 1.43. The number of aryl methyl sites for hydroxylation is 2. The van der Waals surface area contributed by atoms with E-state index in [-0.39, 0.29) is 5.56 Å². The summed E-state index contributed by atoms with van der Waals surface area (Å²) in [4.78, 5) is 10.8. The topological polar surface area (TPSA) is 88.9 Å². The lowest BCUT2D eigenvalue weighted by atomic mass is 10.0. The molecule has 2 aromatic rings. The van der Waals surface area contributed by atoms with E-state index in [0.717, 1.165) is 11.1 Å². The monoisotopic (exact) mass is 230 g/mol. The van der Waals surface area contributed by atoms with Crippen molar-refractivity contribution in [2.45, 2.75) is 13.8 Å². The number of benzene rings is 1. The maximum Gasteiger partial charge on any atom is 0.335 e. The molecular formula is C11H10N4O2. The van der Waals surface area contributed by atoms with Gasteiger partial charge in [-0.2, -0.15) is 0 Å². The van der Waals surface area contributed by atoms with Gasteiger partial charge in [-0.05, 0) is 37.6 Å². The van der Waals surface area contributed by atoms with Crippen LogP contribution in [0.25, 0.3) is 11.4 Å². The van der Waals surface area contributed by atoms with E-state index in [0.29, 0.717) is 11.6 Å². The van der Waals surface area contributed by atoms with Crippen LogP contribution in [0.5, 0.6) is 0 Å². The minimum atomic E-state index is -0.958. The van der Waals surface area contributed by atoms with Gasteiger partial charge >= 0.3 is 5.97 Å². The van der Waals surface area contributed by atoms with Crippen LogP contribution in [0.15, 0.2) is 18.2 Å². The van der Waals surface area contributed by atoms with Gasteiger partial charge in [-0.3, -0.25) is 0 Å². The van der Waals surface area contributed by atoms with Crippen molar-refractivity contribution in [3.8, 4) is 11.4 Å². The Morgan fingerprint density at radius 1 is 1.12 bits per heavy atom. The van der Waals surface area contributed by atoms with E-state index < -0.39 is 5.97 Å². The van der Waals surface area contributed by atoms with Gasteiger partial charge in [0.05, 0.1) is 5.56 Å². The molecule has 0 aliphatic carbocycles. The second-order valence-electron chi connectivity index (χ2n) is 3.61. The first-order valence-corrected chi connectivity index (χ1v) is 4.96. The van der Waals surface area contributed by atoms with Crippen LogP contribution in [0.2, 0.25) is 0 Å². The molecule has 1 N–H and O–H groups in total. The summed E-state index contributed by atoms with van der Waals surface area (Å²) in [6, 6.07) is 4.74. The number of carboxylic acid groups (broad SMARTS) is 1. The SMILES string of the molecule is Cc1nnc(-c2ccc(C(=O)O)cc2C)nn1. The van der Waals surface area contributed by atoms with Crippen molar-refractivity contribution in [1.29, 1.82) is 0 Å². The zero-order valence-corrected chi connectivity index (χ0v) is 9.38. The molecule has 0 radical (unpaired) electrons. The molecule has 0 unspecified atom stereocenters. The van der Waals surface area contributed by atoms with E-state index in [4.69, 9.17) is 5.11 Å². The van der Waals surface area contributed by atoms with Gasteiger partial charge in [0, 0.05) is 5.56 Å². The third kappa shape index (κ3) is 2.25. The zero-order valence-electron chi connectivity index (χ0n) is 9.38. The Morgan fingerprint density at radius 3 is 2.29 bits per heavy atom. The summed E-state index contributed by atoms with van der Waals surface area (Å²) in [7, 11) is 0. The Morgan fingerprint density at radius 2 is 1.76 bits per heavy atom. The van der Waals surface area contributed by atoms with Crippen LogP contribution in [0.1, 0.15) is 21.7 Å². The summed E-state index contributed by atoms with van der Waals surface area (Å²) >= 11 is 0. The van der Waals surface area contributed by atoms with Crippen molar-refractivity contribution >= 4 is 5.97 Å². The average molecular weight is 230 g/mol. The van der Waals surface area contributed by atoms with Crippen LogP contribution in [-0.4, -0.2) is 31.5 Å². The molecule has 0 bridgehead atoms. The Balaban J connectivity index is 2.46. The average Bonchev–Trinajstić information content (AvgIpc) is 2.30. The molecular weight excluding hydrogens is 220 g/mol. The van der Waals surface area contributed by atoms with Crippen molar-refractivity contribution in [2.24, 2.45) is 0 Å². The molecule has 2 rings (SSSR count). The predicted molar refractivity (Wildman–Crippen MR) is 59.5 cm³/mol. The molecule has 0 fully saturated rings. The van der Waals surface area contributed by atoms with Crippen molar-refractivity contribution < 1.29 is 9.90 Å². The van der Waals surface area contributed by atoms with Gasteiger partial charge in [-0.1, -0.05) is 0 Å². The molecule has 0 amide bonds. The van der Waals surface area contributed by atoms with Gasteiger partial charge in [0.25, 0.3) is 0 Å². The second kappa shape index (κ2) is 4.25. The molecule has 17 heavy (non-hydrogen) atoms. The van der Waals surface area contributed by atoms with Crippen LogP contribution < -0.4 is 0 Å². The highest BCUT2D eigenvalue weighted by atomic mass is 16.4. The molecule has 0 aliphatic heterocycles. The minimum absolute atomic E-state index is 0.235. The fraction of sp³-hybridized carbons (Fsp3) is 0.182. The number of nitrogens with zero attached hydrogens (tertiary/aromatic N) is 4. The first-order chi connectivity index (χ1) is 8.08. The van der Waals surface area contributed by atoms with E-state index in [1.54, 1.807) is 26.0 Å². The fourth-order valence-electron chi connectivity index (χ4n) is 1.43. The Bertz CT molecular complexity index is 566. The van der Waals surface area contributed by atoms with Gasteiger partial charge in [-0.25, -0.2) is 4.79 Å². The standard InChI is InChI=1S/C11H10N4O2/c1-6-5-8(11(16)17)3-4-9(6)10-14-12-7(2)13-15-10/h3-5H,1-2H3,(H,16,17). The Kier molecular flexibility index (Phi) is 2.78. The maximum atomic E-state index is 10.8. The largest absolute Gasteiger partial charge is 0.478 e. The highest BCUT2D eigenvalue weighted by molar-refractivity contribution is 5.88. The summed E-state index contributed by atoms with van der Waals surface area (Å²) in [5.41, 5.74) is 1.74. The zero-order chi connectivity index (χ0) is 12.4. The Hall–Kier alpha value is -2.37. The van der Waals surface area contributed by atoms with Crippen LogP contribution in [0.3, 0.4) is 0 Å². The number of hydrogen-bond acceptors (Lipinski definition) is 5. The molecule has 1 aromatic carbocycles. The lowest BCUT2D eigenvalue weighted by molar-refractivity contribution is 0.0697. The molecule has 0 spiro atoms. The third-order valence-corrected chi connectivity index (χ3v) is 2.29. The lowest BCUT2D eigenvalue weighted by Gasteiger charge is -2.04. The molecule has 0 aliphatic rings. The number of rotatable bonds is 2. The lowest BCUT2D eigenvalue weighted by Crippen LogP contribution is -2.01. The highest BCUT2D eigenvalue weighted by Crippen LogP contribution is 2.19. The van der Waals surface area contributed by atoms with Gasteiger partial charge in [-0.15, -0.1) is 20.4 Å². The predicted octanol–water partition coefficient (Wildman–Crippen LogP) is 1.25. The van der Waals surface area contributed by atoms with E-state index in [9.17, 15) is 4.79 Å². The van der Waals surface area contributed by atoms with E-state index in [1.807, 2.05) is 0 Å². The molecule has 1 heterocycles. The third-order valence-electron chi connectivity index (χ3n) is 2.29. The summed E-state index contributed by atoms with van der Waals surface area (Å²) in [6.07, 6.45) is 0. The normalized spacial score (nSPS) is 10.2.